The number of hydrogen-bond acceptors (Lipinski definition) is 5. The van der Waals surface area contributed by atoms with Crippen molar-refractivity contribution in [3.63, 3.8) is 0 Å². The van der Waals surface area contributed by atoms with Gasteiger partial charge in [0.25, 0.3) is 0 Å². The van der Waals surface area contributed by atoms with Gasteiger partial charge in [0.1, 0.15) is 0 Å². The van der Waals surface area contributed by atoms with Crippen LogP contribution in [-0.2, 0) is 4.79 Å². The molecule has 0 aromatic rings. The minimum atomic E-state index is 0. The van der Waals surface area contributed by atoms with Crippen LogP contribution in [0.1, 0.15) is 13.3 Å². The Labute approximate surface area is 132 Å². The average Bonchev–Trinajstić information content (AvgIpc) is 2.76. The van der Waals surface area contributed by atoms with Crippen molar-refractivity contribution in [2.45, 2.75) is 19.4 Å². The van der Waals surface area contributed by atoms with Gasteiger partial charge in [-0.2, -0.15) is 0 Å². The summed E-state index contributed by atoms with van der Waals surface area (Å²) in [5, 5.41) is 6.39. The van der Waals surface area contributed by atoms with Crippen molar-refractivity contribution < 1.29 is 4.79 Å². The number of hydrogen-bond donors (Lipinski definition) is 2. The highest BCUT2D eigenvalue weighted by Crippen LogP contribution is 2.01. The summed E-state index contributed by atoms with van der Waals surface area (Å²) in [6.45, 7) is 7.22. The van der Waals surface area contributed by atoms with Crippen LogP contribution in [-0.4, -0.2) is 74.0 Å². The maximum Gasteiger partial charge on any atom is 0.224 e. The molecule has 1 saturated heterocycles. The Kier molecular flexibility index (Phi) is 6.84. The molecule has 110 valence electrons. The van der Waals surface area contributed by atoms with Crippen molar-refractivity contribution in [3.8, 4) is 0 Å². The first-order valence-electron chi connectivity index (χ1n) is 6.66. The topological polar surface area (TPSA) is 60.0 Å². The summed E-state index contributed by atoms with van der Waals surface area (Å²) in [6, 6.07) is 0.404. The minimum absolute atomic E-state index is 0. The van der Waals surface area contributed by atoms with Crippen LogP contribution in [0.25, 0.3) is 0 Å². The molecular weight excluding hydrogens is 357 g/mol. The summed E-state index contributed by atoms with van der Waals surface area (Å²) < 4.78 is 0. The second-order valence-electron chi connectivity index (χ2n) is 5.10. The molecule has 0 aromatic carbocycles. The van der Waals surface area contributed by atoms with Crippen molar-refractivity contribution in [2.24, 2.45) is 4.99 Å². The second-order valence-corrected chi connectivity index (χ2v) is 5.10. The zero-order valence-corrected chi connectivity index (χ0v) is 14.0. The number of aliphatic imine (C=N–C) groups is 1. The van der Waals surface area contributed by atoms with Crippen LogP contribution >= 0.6 is 24.0 Å². The molecule has 2 aliphatic rings. The van der Waals surface area contributed by atoms with Gasteiger partial charge in [0, 0.05) is 45.2 Å². The third-order valence-corrected chi connectivity index (χ3v) is 3.39. The van der Waals surface area contributed by atoms with E-state index in [0.29, 0.717) is 19.0 Å². The SMILES string of the molecule is CC1CN=C(NCCC(=O)N2CCN(C)CC2)N1.I. The van der Waals surface area contributed by atoms with Gasteiger partial charge in [-0.05, 0) is 14.0 Å². The van der Waals surface area contributed by atoms with Gasteiger partial charge in [0.05, 0.1) is 6.54 Å². The van der Waals surface area contributed by atoms with Crippen LogP contribution in [0.4, 0.5) is 0 Å². The molecule has 6 nitrogen and oxygen atoms in total. The van der Waals surface area contributed by atoms with Crippen molar-refractivity contribution in [2.75, 3.05) is 46.3 Å². The van der Waals surface area contributed by atoms with Gasteiger partial charge >= 0.3 is 0 Å². The molecule has 1 amide bonds. The number of nitrogens with zero attached hydrogens (tertiary/aromatic N) is 3. The molecule has 0 aliphatic carbocycles. The minimum Gasteiger partial charge on any atom is -0.356 e. The molecule has 2 heterocycles. The Morgan fingerprint density at radius 3 is 2.68 bits per heavy atom. The zero-order chi connectivity index (χ0) is 13.0. The lowest BCUT2D eigenvalue weighted by Crippen LogP contribution is -2.48. The molecule has 0 aromatic heterocycles. The van der Waals surface area contributed by atoms with E-state index in [4.69, 9.17) is 0 Å². The third-order valence-electron chi connectivity index (χ3n) is 3.39. The average molecular weight is 381 g/mol. The molecule has 2 aliphatic heterocycles. The summed E-state index contributed by atoms with van der Waals surface area (Å²) in [5.74, 6) is 1.07. The Bertz CT molecular complexity index is 328. The molecule has 2 N–H and O–H groups in total. The monoisotopic (exact) mass is 381 g/mol. The van der Waals surface area contributed by atoms with E-state index < -0.39 is 0 Å². The van der Waals surface area contributed by atoms with E-state index in [9.17, 15) is 4.79 Å². The van der Waals surface area contributed by atoms with E-state index in [1.807, 2.05) is 4.90 Å². The molecule has 0 bridgehead atoms. The number of carbonyl (C=O) groups is 1. The number of carbonyl (C=O) groups excluding carboxylic acids is 1. The van der Waals surface area contributed by atoms with E-state index in [0.717, 1.165) is 38.7 Å². The summed E-state index contributed by atoms with van der Waals surface area (Å²) in [7, 11) is 2.09. The fraction of sp³-hybridized carbons (Fsp3) is 0.833. The fourth-order valence-corrected chi connectivity index (χ4v) is 2.16. The van der Waals surface area contributed by atoms with Crippen LogP contribution in [0.2, 0.25) is 0 Å². The number of rotatable bonds is 3. The van der Waals surface area contributed by atoms with Gasteiger partial charge in [-0.1, -0.05) is 0 Å². The van der Waals surface area contributed by atoms with Gasteiger partial charge in [0.2, 0.25) is 5.91 Å². The highest BCUT2D eigenvalue weighted by molar-refractivity contribution is 14.0. The molecule has 1 atom stereocenters. The fourth-order valence-electron chi connectivity index (χ4n) is 2.16. The standard InChI is InChI=1S/C12H23N5O.HI/c1-10-9-14-12(15-10)13-4-3-11(18)17-7-5-16(2)6-8-17;/h10H,3-9H2,1-2H3,(H2,13,14,15);1H. The first-order valence-corrected chi connectivity index (χ1v) is 6.66. The Morgan fingerprint density at radius 2 is 2.11 bits per heavy atom. The smallest absolute Gasteiger partial charge is 0.224 e. The van der Waals surface area contributed by atoms with E-state index in [1.165, 1.54) is 0 Å². The van der Waals surface area contributed by atoms with Crippen LogP contribution in [0.5, 0.6) is 0 Å². The normalized spacial score (nSPS) is 23.4. The summed E-state index contributed by atoms with van der Waals surface area (Å²) in [4.78, 5) is 20.5. The Balaban J connectivity index is 0.00000180. The molecule has 7 heteroatoms. The van der Waals surface area contributed by atoms with Gasteiger partial charge < -0.3 is 20.4 Å². The number of halogens is 1. The van der Waals surface area contributed by atoms with Crippen molar-refractivity contribution in [1.82, 2.24) is 20.4 Å². The number of nitrogens with one attached hydrogen (secondary N) is 2. The van der Waals surface area contributed by atoms with E-state index >= 15 is 0 Å². The highest BCUT2D eigenvalue weighted by Gasteiger charge is 2.19. The van der Waals surface area contributed by atoms with Crippen molar-refractivity contribution in [1.29, 1.82) is 0 Å². The number of amides is 1. The number of likely N-dealkylation sites (N-methyl/N-ethyl adjacent to an activating group) is 1. The zero-order valence-electron chi connectivity index (χ0n) is 11.7. The molecule has 2 rings (SSSR count). The lowest BCUT2D eigenvalue weighted by Gasteiger charge is -2.32. The van der Waals surface area contributed by atoms with Crippen molar-refractivity contribution >= 4 is 35.8 Å². The maximum absolute atomic E-state index is 12.0. The molecule has 19 heavy (non-hydrogen) atoms. The highest BCUT2D eigenvalue weighted by atomic mass is 127. The molecule has 1 fully saturated rings. The Morgan fingerprint density at radius 1 is 1.42 bits per heavy atom. The molecule has 0 saturated carbocycles. The molecule has 0 radical (unpaired) electrons. The lowest BCUT2D eigenvalue weighted by atomic mass is 10.3. The molecule has 0 spiro atoms. The van der Waals surface area contributed by atoms with Crippen LogP contribution in [0.15, 0.2) is 4.99 Å². The predicted octanol–water partition coefficient (Wildman–Crippen LogP) is -0.294. The molecular formula is C12H24IN5O. The van der Waals surface area contributed by atoms with Gasteiger partial charge in [-0.3, -0.25) is 9.79 Å². The van der Waals surface area contributed by atoms with Crippen LogP contribution in [0.3, 0.4) is 0 Å². The van der Waals surface area contributed by atoms with Crippen molar-refractivity contribution in [3.05, 3.63) is 0 Å². The van der Waals surface area contributed by atoms with E-state index in [-0.39, 0.29) is 29.9 Å². The predicted molar refractivity (Wildman–Crippen MR) is 87.0 cm³/mol. The maximum atomic E-state index is 12.0. The van der Waals surface area contributed by atoms with E-state index in [2.05, 4.69) is 34.5 Å². The summed E-state index contributed by atoms with van der Waals surface area (Å²) in [6.07, 6.45) is 0.540. The number of guanidine groups is 1. The Hall–Kier alpha value is -0.570. The summed E-state index contributed by atoms with van der Waals surface area (Å²) >= 11 is 0. The first-order chi connectivity index (χ1) is 8.65. The van der Waals surface area contributed by atoms with Gasteiger partial charge in [0.15, 0.2) is 5.96 Å². The molecule has 1 unspecified atom stereocenters. The van der Waals surface area contributed by atoms with E-state index in [1.54, 1.807) is 0 Å². The second kappa shape index (κ2) is 7.88. The quantitative estimate of drug-likeness (QED) is 0.660. The summed E-state index contributed by atoms with van der Waals surface area (Å²) in [5.41, 5.74) is 0. The van der Waals surface area contributed by atoms with Gasteiger partial charge in [-0.15, -0.1) is 24.0 Å². The largest absolute Gasteiger partial charge is 0.356 e. The lowest BCUT2D eigenvalue weighted by molar-refractivity contribution is -0.132. The van der Waals surface area contributed by atoms with Crippen LogP contribution < -0.4 is 10.6 Å². The third kappa shape index (κ3) is 5.13. The van der Waals surface area contributed by atoms with Gasteiger partial charge in [-0.25, -0.2) is 0 Å². The first kappa shape index (κ1) is 16.5. The van der Waals surface area contributed by atoms with Crippen LogP contribution in [0, 0.1) is 0 Å². The number of piperazine rings is 1.